The average Bonchev–Trinajstić information content (AvgIpc) is 3.52. The summed E-state index contributed by atoms with van der Waals surface area (Å²) in [6, 6.07) is 15.0. The van der Waals surface area contributed by atoms with E-state index in [4.69, 9.17) is 9.26 Å². The van der Waals surface area contributed by atoms with Crippen molar-refractivity contribution in [3.05, 3.63) is 66.2 Å². The van der Waals surface area contributed by atoms with Crippen molar-refractivity contribution in [3.8, 4) is 17.1 Å². The molecule has 0 unspecified atom stereocenters. The first-order chi connectivity index (χ1) is 14.2. The summed E-state index contributed by atoms with van der Waals surface area (Å²) in [5.74, 6) is 1.57. The Kier molecular flexibility index (Phi) is 4.27. The second-order valence-electron chi connectivity index (χ2n) is 7.09. The van der Waals surface area contributed by atoms with Gasteiger partial charge in [0.15, 0.2) is 0 Å². The summed E-state index contributed by atoms with van der Waals surface area (Å²) in [4.78, 5) is 22.7. The molecule has 2 aromatic carbocycles. The van der Waals surface area contributed by atoms with E-state index in [0.29, 0.717) is 29.6 Å². The van der Waals surface area contributed by atoms with Crippen molar-refractivity contribution in [1.29, 1.82) is 0 Å². The number of rotatable bonds is 4. The van der Waals surface area contributed by atoms with Crippen molar-refractivity contribution in [2.75, 3.05) is 13.7 Å². The lowest BCUT2D eigenvalue weighted by Crippen LogP contribution is -2.30. The highest BCUT2D eigenvalue weighted by atomic mass is 16.5. The van der Waals surface area contributed by atoms with Gasteiger partial charge in [-0.1, -0.05) is 23.4 Å². The third kappa shape index (κ3) is 3.04. The van der Waals surface area contributed by atoms with Crippen LogP contribution < -0.4 is 4.74 Å². The van der Waals surface area contributed by atoms with Crippen molar-refractivity contribution in [2.24, 2.45) is 0 Å². The monoisotopic (exact) mass is 388 g/mol. The van der Waals surface area contributed by atoms with Crippen molar-refractivity contribution in [2.45, 2.75) is 18.9 Å². The summed E-state index contributed by atoms with van der Waals surface area (Å²) in [5, 5.41) is 5.21. The lowest BCUT2D eigenvalue weighted by atomic mass is 10.1. The minimum Gasteiger partial charge on any atom is -0.496 e. The number of carbonyl (C=O) groups is 1. The van der Waals surface area contributed by atoms with Gasteiger partial charge in [-0.3, -0.25) is 4.79 Å². The number of hydrogen-bond acceptors (Lipinski definition) is 5. The van der Waals surface area contributed by atoms with E-state index in [2.05, 4.69) is 15.1 Å². The molecule has 0 spiro atoms. The number of likely N-dealkylation sites (tertiary alicyclic amines) is 1. The molecule has 1 atom stereocenters. The van der Waals surface area contributed by atoms with E-state index in [1.54, 1.807) is 7.11 Å². The van der Waals surface area contributed by atoms with Crippen molar-refractivity contribution < 1.29 is 14.1 Å². The Bertz CT molecular complexity index is 1180. The molecule has 0 bridgehead atoms. The highest BCUT2D eigenvalue weighted by Crippen LogP contribution is 2.35. The molecule has 1 fully saturated rings. The zero-order valence-corrected chi connectivity index (χ0v) is 16.0. The second-order valence-corrected chi connectivity index (χ2v) is 7.09. The number of carbonyl (C=O) groups excluding carboxylic acids is 1. The smallest absolute Gasteiger partial charge is 0.254 e. The van der Waals surface area contributed by atoms with Crippen LogP contribution >= 0.6 is 0 Å². The van der Waals surface area contributed by atoms with E-state index in [1.165, 1.54) is 0 Å². The second kappa shape index (κ2) is 7.09. The fourth-order valence-corrected chi connectivity index (χ4v) is 3.92. The van der Waals surface area contributed by atoms with E-state index >= 15 is 0 Å². The molecule has 3 heterocycles. The Morgan fingerprint density at radius 3 is 3.03 bits per heavy atom. The molecule has 29 heavy (non-hydrogen) atoms. The Labute approximate surface area is 167 Å². The number of nitrogens with zero attached hydrogens (tertiary/aromatic N) is 3. The maximum atomic E-state index is 13.2. The molecule has 0 aliphatic carbocycles. The van der Waals surface area contributed by atoms with Crippen LogP contribution in [0.1, 0.15) is 35.1 Å². The number of methoxy groups -OCH3 is 1. The molecule has 2 aromatic heterocycles. The van der Waals surface area contributed by atoms with Crippen molar-refractivity contribution in [3.63, 3.8) is 0 Å². The fourth-order valence-electron chi connectivity index (χ4n) is 3.92. The molecule has 1 N–H and O–H groups in total. The number of fused-ring (bicyclic) bond motifs is 1. The molecule has 1 aliphatic heterocycles. The number of nitrogens with one attached hydrogen (secondary N) is 1. The number of amides is 1. The first kappa shape index (κ1) is 17.5. The molecule has 146 valence electrons. The topological polar surface area (TPSA) is 84.3 Å². The van der Waals surface area contributed by atoms with Crippen LogP contribution in [-0.2, 0) is 0 Å². The van der Waals surface area contributed by atoms with Crippen LogP contribution in [-0.4, -0.2) is 39.6 Å². The van der Waals surface area contributed by atoms with E-state index < -0.39 is 0 Å². The lowest BCUT2D eigenvalue weighted by Gasteiger charge is -2.22. The Morgan fingerprint density at radius 2 is 2.14 bits per heavy atom. The molecule has 7 heteroatoms. The number of hydrogen-bond donors (Lipinski definition) is 1. The molecule has 1 amide bonds. The Balaban J connectivity index is 1.43. The summed E-state index contributed by atoms with van der Waals surface area (Å²) in [6.45, 7) is 0.665. The van der Waals surface area contributed by atoms with Gasteiger partial charge in [0.1, 0.15) is 11.8 Å². The molecule has 0 saturated carbocycles. The molecule has 1 aliphatic rings. The summed E-state index contributed by atoms with van der Waals surface area (Å²) in [6.07, 6.45) is 3.56. The number of ether oxygens (including phenoxy) is 1. The predicted molar refractivity (Wildman–Crippen MR) is 108 cm³/mol. The van der Waals surface area contributed by atoms with E-state index in [9.17, 15) is 4.79 Å². The minimum absolute atomic E-state index is 0.0268. The van der Waals surface area contributed by atoms with Crippen LogP contribution in [0.25, 0.3) is 22.3 Å². The van der Waals surface area contributed by atoms with E-state index in [1.807, 2.05) is 59.6 Å². The van der Waals surface area contributed by atoms with Gasteiger partial charge in [0.25, 0.3) is 5.91 Å². The number of benzene rings is 2. The van der Waals surface area contributed by atoms with Crippen LogP contribution in [0.15, 0.2) is 59.3 Å². The van der Waals surface area contributed by atoms with Gasteiger partial charge >= 0.3 is 0 Å². The van der Waals surface area contributed by atoms with E-state index in [-0.39, 0.29) is 11.9 Å². The summed E-state index contributed by atoms with van der Waals surface area (Å²) in [7, 11) is 1.61. The quantitative estimate of drug-likeness (QED) is 0.566. The number of aromatic nitrogens is 3. The molecule has 5 rings (SSSR count). The minimum atomic E-state index is -0.224. The van der Waals surface area contributed by atoms with Crippen LogP contribution in [0.3, 0.4) is 0 Å². The molecule has 1 saturated heterocycles. The fraction of sp³-hybridized carbons (Fsp3) is 0.227. The van der Waals surface area contributed by atoms with Crippen LogP contribution in [0.2, 0.25) is 0 Å². The van der Waals surface area contributed by atoms with Gasteiger partial charge in [0, 0.05) is 23.8 Å². The number of H-pyrrole nitrogens is 1. The van der Waals surface area contributed by atoms with Crippen molar-refractivity contribution in [1.82, 2.24) is 20.0 Å². The van der Waals surface area contributed by atoms with Gasteiger partial charge in [-0.15, -0.1) is 0 Å². The summed E-state index contributed by atoms with van der Waals surface area (Å²) < 4.78 is 11.0. The zero-order valence-electron chi connectivity index (χ0n) is 16.0. The molecule has 4 aromatic rings. The maximum Gasteiger partial charge on any atom is 0.254 e. The number of aromatic amines is 1. The highest BCUT2D eigenvalue weighted by molar-refractivity contribution is 5.98. The zero-order chi connectivity index (χ0) is 19.8. The van der Waals surface area contributed by atoms with Gasteiger partial charge in [0.2, 0.25) is 11.7 Å². The predicted octanol–water partition coefficient (Wildman–Crippen LogP) is 4.20. The first-order valence-electron chi connectivity index (χ1n) is 9.60. The van der Waals surface area contributed by atoms with Gasteiger partial charge in [-0.2, -0.15) is 4.98 Å². The van der Waals surface area contributed by atoms with Gasteiger partial charge < -0.3 is 19.1 Å². The molecular formula is C22H20N4O3. The largest absolute Gasteiger partial charge is 0.496 e. The van der Waals surface area contributed by atoms with Gasteiger partial charge in [-0.25, -0.2) is 0 Å². The van der Waals surface area contributed by atoms with Gasteiger partial charge in [0.05, 0.1) is 12.7 Å². The summed E-state index contributed by atoms with van der Waals surface area (Å²) >= 11 is 0. The Morgan fingerprint density at radius 1 is 1.24 bits per heavy atom. The normalized spacial score (nSPS) is 16.4. The van der Waals surface area contributed by atoms with Crippen LogP contribution in [0.5, 0.6) is 5.75 Å². The SMILES string of the molecule is COc1ccccc1-c1noc([C@@H]2CCCN2C(=O)c2ccc3cc[nH]c3c2)n1. The molecular weight excluding hydrogens is 368 g/mol. The molecule has 0 radical (unpaired) electrons. The summed E-state index contributed by atoms with van der Waals surface area (Å²) in [5.41, 5.74) is 2.36. The van der Waals surface area contributed by atoms with Gasteiger partial charge in [-0.05, 0) is 48.6 Å². The van der Waals surface area contributed by atoms with E-state index in [0.717, 1.165) is 29.3 Å². The van der Waals surface area contributed by atoms with Crippen LogP contribution in [0.4, 0.5) is 0 Å². The third-order valence-corrected chi connectivity index (χ3v) is 5.39. The number of para-hydroxylation sites is 1. The maximum absolute atomic E-state index is 13.2. The average molecular weight is 388 g/mol. The molecule has 7 nitrogen and oxygen atoms in total. The van der Waals surface area contributed by atoms with Crippen LogP contribution in [0, 0.1) is 0 Å². The van der Waals surface area contributed by atoms with Crippen molar-refractivity contribution >= 4 is 16.8 Å². The standard InChI is InChI=1S/C22H20N4O3/c1-28-19-7-3-2-5-16(19)20-24-21(29-25-20)18-6-4-12-26(18)22(27)15-9-8-14-10-11-23-17(14)13-15/h2-3,5,7-11,13,18,23H,4,6,12H2,1H3/t18-/m0/s1. The lowest BCUT2D eigenvalue weighted by molar-refractivity contribution is 0.0710. The highest BCUT2D eigenvalue weighted by Gasteiger charge is 2.35. The third-order valence-electron chi connectivity index (χ3n) is 5.39. The Hall–Kier alpha value is -3.61. The first-order valence-corrected chi connectivity index (χ1v) is 9.60.